The van der Waals surface area contributed by atoms with Gasteiger partial charge in [-0.3, -0.25) is 33.8 Å². The summed E-state index contributed by atoms with van der Waals surface area (Å²) in [6, 6.07) is 5.34. The van der Waals surface area contributed by atoms with Crippen molar-refractivity contribution in [3.05, 3.63) is 60.2 Å². The van der Waals surface area contributed by atoms with Crippen LogP contribution in [0.4, 0.5) is 19.0 Å². The number of fused-ring (bicyclic) bond motifs is 1. The maximum Gasteiger partial charge on any atom is 0.416 e. The first-order valence-electron chi connectivity index (χ1n) is 23.6. The lowest BCUT2D eigenvalue weighted by molar-refractivity contribution is -0.137. The number of hydrogen-bond acceptors (Lipinski definition) is 14. The number of halogens is 3. The fourth-order valence-electron chi connectivity index (χ4n) is 9.14. The van der Waals surface area contributed by atoms with Crippen molar-refractivity contribution < 1.29 is 56.1 Å². The second-order valence-corrected chi connectivity index (χ2v) is 17.9. The van der Waals surface area contributed by atoms with Crippen LogP contribution in [-0.2, 0) is 49.2 Å². The van der Waals surface area contributed by atoms with Crippen LogP contribution in [0.25, 0.3) is 10.9 Å². The predicted molar refractivity (Wildman–Crippen MR) is 248 cm³/mol. The van der Waals surface area contributed by atoms with Crippen molar-refractivity contribution in [3.63, 3.8) is 0 Å². The van der Waals surface area contributed by atoms with Gasteiger partial charge in [0.25, 0.3) is 0 Å². The summed E-state index contributed by atoms with van der Waals surface area (Å²) in [4.78, 5) is 94.8. The van der Waals surface area contributed by atoms with Gasteiger partial charge in [-0.25, -0.2) is 9.97 Å². The number of nitrogens with one attached hydrogen (secondary N) is 5. The summed E-state index contributed by atoms with van der Waals surface area (Å²) in [5.41, 5.74) is 0.229. The van der Waals surface area contributed by atoms with Crippen LogP contribution in [0, 0.1) is 5.92 Å². The van der Waals surface area contributed by atoms with Crippen LogP contribution in [0.1, 0.15) is 69.5 Å². The molecule has 23 heteroatoms. The largest absolute Gasteiger partial charge is 0.416 e. The second-order valence-electron chi connectivity index (χ2n) is 17.9. The third kappa shape index (κ3) is 14.5. The molecule has 20 nitrogen and oxygen atoms in total. The van der Waals surface area contributed by atoms with Gasteiger partial charge in [0.1, 0.15) is 31.4 Å². The minimum Gasteiger partial charge on any atom is -0.377 e. The molecule has 6 amide bonds. The van der Waals surface area contributed by atoms with E-state index in [-0.39, 0.29) is 143 Å². The minimum absolute atomic E-state index is 0.0235. The number of nitrogens with zero attached hydrogens (tertiary/aromatic N) is 6. The molecule has 6 atom stereocenters. The zero-order valence-electron chi connectivity index (χ0n) is 40.0. The normalized spacial score (nSPS) is 21.7. The molecule has 4 heterocycles. The molecule has 3 aromatic rings. The van der Waals surface area contributed by atoms with Crippen LogP contribution in [0.15, 0.2) is 49.1 Å². The van der Waals surface area contributed by atoms with Gasteiger partial charge in [-0.05, 0) is 76.4 Å². The number of carbonyl (C=O) groups is 6. The molecule has 1 saturated carbocycles. The minimum atomic E-state index is -4.56. The molecule has 2 aromatic heterocycles. The van der Waals surface area contributed by atoms with Crippen LogP contribution in [-0.4, -0.2) is 175 Å². The van der Waals surface area contributed by atoms with Crippen molar-refractivity contribution in [2.75, 3.05) is 85.2 Å². The number of rotatable bonds is 24. The number of aromatic nitrogens is 3. The Balaban J connectivity index is 0.830. The monoisotopic (exact) mass is 983 g/mol. The van der Waals surface area contributed by atoms with Gasteiger partial charge in [-0.15, -0.1) is 0 Å². The lowest BCUT2D eigenvalue weighted by atomic mass is 9.84. The van der Waals surface area contributed by atoms with Gasteiger partial charge >= 0.3 is 6.18 Å². The number of carbonyl (C=O) groups excluding carboxylic acids is 6. The standard InChI is InChI=1S/C47H64F3N11O9/c1-29(2)59(3)32-8-10-38(61-17-12-36(46(61)67)58-44-33-22-31(47(48,49)50)7-9-35(33)55-28-56-44)37(23-32)57-41(64)27-70-21-20-68-18-15-53-40(63)26-69-19-16-52-39(62)11-14-54-45(66)34-24-42(65)60(4)43(34)30-6-5-13-51-25-30/h5-7,9,13,22,25,28-29,32,34,36-38,43H,8,10-12,14-21,23-24,26-27H2,1-4H3,(H,52,62)(H,53,63)(H,54,66)(H,57,64)(H,55,56,58)/t32-,34+,36+,37-,38+,43-/m1/s1. The number of ether oxygens (including phenoxy) is 3. The molecular formula is C47H64F3N11O9. The van der Waals surface area contributed by atoms with Gasteiger partial charge in [-0.2, -0.15) is 13.2 Å². The van der Waals surface area contributed by atoms with Crippen molar-refractivity contribution in [2.24, 2.45) is 5.92 Å². The summed E-state index contributed by atoms with van der Waals surface area (Å²) in [5.74, 6) is -2.18. The third-order valence-electron chi connectivity index (χ3n) is 13.0. The van der Waals surface area contributed by atoms with Gasteiger partial charge in [0.2, 0.25) is 35.4 Å². The molecule has 5 N–H and O–H groups in total. The highest BCUT2D eigenvalue weighted by atomic mass is 19.4. The number of alkyl halides is 3. The maximum absolute atomic E-state index is 13.9. The van der Waals surface area contributed by atoms with Crippen LogP contribution in [0.5, 0.6) is 0 Å². The molecule has 3 aliphatic rings. The summed E-state index contributed by atoms with van der Waals surface area (Å²) in [6.07, 6.45) is 2.45. The average Bonchev–Trinajstić information content (AvgIpc) is 3.85. The number of anilines is 1. The number of benzene rings is 1. The quantitative estimate of drug-likeness (QED) is 0.0806. The van der Waals surface area contributed by atoms with E-state index >= 15 is 0 Å². The molecule has 0 spiro atoms. The molecule has 6 rings (SSSR count). The van der Waals surface area contributed by atoms with Crippen molar-refractivity contribution >= 4 is 52.2 Å². The number of amides is 6. The van der Waals surface area contributed by atoms with Crippen molar-refractivity contribution in [3.8, 4) is 0 Å². The Morgan fingerprint density at radius 1 is 0.886 bits per heavy atom. The molecule has 2 saturated heterocycles. The topological polar surface area (TPSA) is 239 Å². The zero-order valence-corrected chi connectivity index (χ0v) is 40.0. The molecule has 382 valence electrons. The number of likely N-dealkylation sites (tertiary alicyclic amines) is 2. The Kier molecular flexibility index (Phi) is 19.2. The summed E-state index contributed by atoms with van der Waals surface area (Å²) in [5, 5.41) is 14.4. The van der Waals surface area contributed by atoms with Crippen molar-refractivity contribution in [1.29, 1.82) is 0 Å². The van der Waals surface area contributed by atoms with Crippen LogP contribution >= 0.6 is 0 Å². The first-order chi connectivity index (χ1) is 33.5. The molecule has 70 heavy (non-hydrogen) atoms. The maximum atomic E-state index is 13.9. The van der Waals surface area contributed by atoms with Gasteiger partial charge in [0.15, 0.2) is 0 Å². The zero-order chi connectivity index (χ0) is 50.4. The highest BCUT2D eigenvalue weighted by Gasteiger charge is 2.44. The van der Waals surface area contributed by atoms with Gasteiger partial charge in [0, 0.05) is 75.9 Å². The Morgan fingerprint density at radius 3 is 2.36 bits per heavy atom. The summed E-state index contributed by atoms with van der Waals surface area (Å²) in [6.45, 7) is 5.10. The molecule has 0 radical (unpaired) electrons. The summed E-state index contributed by atoms with van der Waals surface area (Å²) >= 11 is 0. The van der Waals surface area contributed by atoms with E-state index in [0.29, 0.717) is 31.3 Å². The van der Waals surface area contributed by atoms with E-state index in [2.05, 4.69) is 60.3 Å². The molecule has 1 aliphatic carbocycles. The Labute approximate surface area is 404 Å². The van der Waals surface area contributed by atoms with E-state index in [1.807, 2.05) is 13.1 Å². The summed E-state index contributed by atoms with van der Waals surface area (Å²) < 4.78 is 57.1. The van der Waals surface area contributed by atoms with Crippen LogP contribution in [0.2, 0.25) is 0 Å². The van der Waals surface area contributed by atoms with Crippen LogP contribution < -0.4 is 26.6 Å². The second kappa shape index (κ2) is 25.2. The molecule has 0 bridgehead atoms. The smallest absolute Gasteiger partial charge is 0.377 e. The molecule has 1 aromatic carbocycles. The third-order valence-corrected chi connectivity index (χ3v) is 13.0. The lowest BCUT2D eigenvalue weighted by Crippen LogP contribution is -2.59. The highest BCUT2D eigenvalue weighted by Crippen LogP contribution is 2.37. The summed E-state index contributed by atoms with van der Waals surface area (Å²) in [7, 11) is 3.69. The Bertz CT molecular complexity index is 2280. The highest BCUT2D eigenvalue weighted by molar-refractivity contribution is 5.94. The number of pyridine rings is 1. The van der Waals surface area contributed by atoms with E-state index < -0.39 is 29.7 Å². The Hall–Kier alpha value is -6.04. The van der Waals surface area contributed by atoms with E-state index in [1.54, 1.807) is 35.3 Å². The number of hydrogen-bond donors (Lipinski definition) is 5. The van der Waals surface area contributed by atoms with Gasteiger partial charge in [-0.1, -0.05) is 6.07 Å². The van der Waals surface area contributed by atoms with Gasteiger partial charge in [0.05, 0.1) is 61.6 Å². The van der Waals surface area contributed by atoms with Crippen LogP contribution in [0.3, 0.4) is 0 Å². The SMILES string of the molecule is CC(C)N(C)[C@@H]1CC[C@H](N2CC[C@H](Nc3ncnc4ccc(C(F)(F)F)cc34)C2=O)[C@H](NC(=O)COCCOCCNC(=O)COCCNC(=O)CCNC(=O)[C@H]2CC(=O)N(C)[C@@H]2c2cccnc2)C1. The predicted octanol–water partition coefficient (Wildman–Crippen LogP) is 1.81. The lowest BCUT2D eigenvalue weighted by Gasteiger charge is -2.44. The molecular weight excluding hydrogens is 920 g/mol. The fraction of sp³-hybridized carbons (Fsp3) is 0.596. The van der Waals surface area contributed by atoms with Crippen molar-refractivity contribution in [1.82, 2.24) is 50.9 Å². The van der Waals surface area contributed by atoms with E-state index in [9.17, 15) is 41.9 Å². The van der Waals surface area contributed by atoms with Gasteiger partial charge < -0.3 is 55.5 Å². The molecule has 3 fully saturated rings. The van der Waals surface area contributed by atoms with E-state index in [4.69, 9.17) is 14.2 Å². The first-order valence-corrected chi connectivity index (χ1v) is 23.6. The van der Waals surface area contributed by atoms with E-state index in [1.165, 1.54) is 12.4 Å². The average molecular weight is 984 g/mol. The Morgan fingerprint density at radius 2 is 1.61 bits per heavy atom. The van der Waals surface area contributed by atoms with E-state index in [0.717, 1.165) is 24.1 Å². The first kappa shape index (κ1) is 53.3. The molecule has 2 aliphatic heterocycles. The van der Waals surface area contributed by atoms with Crippen molar-refractivity contribution in [2.45, 2.75) is 94.8 Å². The fourth-order valence-corrected chi connectivity index (χ4v) is 9.14. The molecule has 0 unspecified atom stereocenters.